The molecule has 6 nitrogen and oxygen atoms in total. The summed E-state index contributed by atoms with van der Waals surface area (Å²) in [5.74, 6) is -3.65. The van der Waals surface area contributed by atoms with Crippen LogP contribution in [0.25, 0.3) is 0 Å². The fourth-order valence-electron chi connectivity index (χ4n) is 2.84. The largest absolute Gasteiger partial charge is 0.473 e. The SMILES string of the molecule is Clc1ccc(CN2CCN(Cc3ccccc3)CC2)c(Cl)c1.O=C(O)C(=O)O. The first-order chi connectivity index (χ1) is 13.3. The van der Waals surface area contributed by atoms with Crippen molar-refractivity contribution < 1.29 is 19.8 Å². The molecule has 1 aliphatic heterocycles. The molecular weight excluding hydrogens is 403 g/mol. The van der Waals surface area contributed by atoms with Crippen molar-refractivity contribution in [1.82, 2.24) is 9.80 Å². The van der Waals surface area contributed by atoms with Gasteiger partial charge in [-0.2, -0.15) is 0 Å². The van der Waals surface area contributed by atoms with E-state index in [1.807, 2.05) is 18.2 Å². The molecule has 28 heavy (non-hydrogen) atoms. The number of rotatable bonds is 4. The first-order valence-corrected chi connectivity index (χ1v) is 9.49. The smallest absolute Gasteiger partial charge is 0.414 e. The fourth-order valence-corrected chi connectivity index (χ4v) is 3.31. The molecule has 0 amide bonds. The van der Waals surface area contributed by atoms with E-state index in [9.17, 15) is 0 Å². The van der Waals surface area contributed by atoms with E-state index in [0.29, 0.717) is 5.02 Å². The van der Waals surface area contributed by atoms with Crippen LogP contribution in [0.1, 0.15) is 11.1 Å². The lowest BCUT2D eigenvalue weighted by Crippen LogP contribution is -2.45. The molecule has 0 bridgehead atoms. The molecule has 1 aliphatic rings. The van der Waals surface area contributed by atoms with Gasteiger partial charge in [0.1, 0.15) is 0 Å². The highest BCUT2D eigenvalue weighted by molar-refractivity contribution is 6.35. The lowest BCUT2D eigenvalue weighted by atomic mass is 10.1. The normalized spacial score (nSPS) is 14.8. The number of halogens is 2. The summed E-state index contributed by atoms with van der Waals surface area (Å²) in [6.07, 6.45) is 0. The minimum Gasteiger partial charge on any atom is -0.473 e. The average Bonchev–Trinajstić information content (AvgIpc) is 2.67. The van der Waals surface area contributed by atoms with E-state index in [1.54, 1.807) is 0 Å². The van der Waals surface area contributed by atoms with E-state index >= 15 is 0 Å². The summed E-state index contributed by atoms with van der Waals surface area (Å²) in [5.41, 5.74) is 2.54. The third-order valence-corrected chi connectivity index (χ3v) is 4.89. The van der Waals surface area contributed by atoms with Crippen molar-refractivity contribution >= 4 is 35.1 Å². The van der Waals surface area contributed by atoms with Gasteiger partial charge < -0.3 is 10.2 Å². The quantitative estimate of drug-likeness (QED) is 0.731. The number of carbonyl (C=O) groups is 2. The second-order valence-corrected chi connectivity index (χ2v) is 7.23. The van der Waals surface area contributed by atoms with Crippen molar-refractivity contribution in [3.8, 4) is 0 Å². The fraction of sp³-hybridized carbons (Fsp3) is 0.300. The third-order valence-electron chi connectivity index (χ3n) is 4.31. The summed E-state index contributed by atoms with van der Waals surface area (Å²) in [5, 5.41) is 16.2. The van der Waals surface area contributed by atoms with Crippen LogP contribution in [0.5, 0.6) is 0 Å². The Balaban J connectivity index is 0.000000409. The van der Waals surface area contributed by atoms with Crippen LogP contribution in [0.3, 0.4) is 0 Å². The number of nitrogens with zero attached hydrogens (tertiary/aromatic N) is 2. The molecule has 2 aromatic carbocycles. The van der Waals surface area contributed by atoms with Crippen molar-refractivity contribution in [1.29, 1.82) is 0 Å². The van der Waals surface area contributed by atoms with Gasteiger partial charge >= 0.3 is 11.9 Å². The molecule has 0 atom stereocenters. The summed E-state index contributed by atoms with van der Waals surface area (Å²) >= 11 is 12.2. The molecule has 1 saturated heterocycles. The number of piperazine rings is 1. The minimum atomic E-state index is -1.82. The van der Waals surface area contributed by atoms with Gasteiger partial charge in [-0.15, -0.1) is 0 Å². The van der Waals surface area contributed by atoms with Gasteiger partial charge in [-0.1, -0.05) is 59.6 Å². The monoisotopic (exact) mass is 424 g/mol. The maximum atomic E-state index is 9.10. The number of carboxylic acids is 2. The Bertz CT molecular complexity index is 782. The standard InChI is InChI=1S/C18H20Cl2N2.C2H2O4/c19-17-7-6-16(18(20)12-17)14-22-10-8-21(9-11-22)13-15-4-2-1-3-5-15;3-1(4)2(5)6/h1-7,12H,8-11,13-14H2;(H,3,4)(H,5,6). The van der Waals surface area contributed by atoms with Crippen LogP contribution in [0.15, 0.2) is 48.5 Å². The summed E-state index contributed by atoms with van der Waals surface area (Å²) in [7, 11) is 0. The van der Waals surface area contributed by atoms with Crippen molar-refractivity contribution in [3.05, 3.63) is 69.7 Å². The third kappa shape index (κ3) is 7.48. The summed E-state index contributed by atoms with van der Waals surface area (Å²) < 4.78 is 0. The van der Waals surface area contributed by atoms with Gasteiger partial charge in [0.2, 0.25) is 0 Å². The van der Waals surface area contributed by atoms with Gasteiger partial charge in [-0.3, -0.25) is 9.80 Å². The maximum Gasteiger partial charge on any atom is 0.414 e. The Morgan fingerprint density at radius 3 is 1.86 bits per heavy atom. The van der Waals surface area contributed by atoms with Crippen molar-refractivity contribution in [2.75, 3.05) is 26.2 Å². The van der Waals surface area contributed by atoms with E-state index < -0.39 is 11.9 Å². The highest BCUT2D eigenvalue weighted by atomic mass is 35.5. The summed E-state index contributed by atoms with van der Waals surface area (Å²) in [6.45, 7) is 6.28. The topological polar surface area (TPSA) is 81.1 Å². The van der Waals surface area contributed by atoms with Crippen LogP contribution in [0.4, 0.5) is 0 Å². The number of carboxylic acid groups (broad SMARTS) is 2. The first-order valence-electron chi connectivity index (χ1n) is 8.74. The molecule has 0 aromatic heterocycles. The first kappa shape index (κ1) is 22.2. The van der Waals surface area contributed by atoms with Crippen molar-refractivity contribution in [3.63, 3.8) is 0 Å². The van der Waals surface area contributed by atoms with Crippen LogP contribution >= 0.6 is 23.2 Å². The molecule has 0 unspecified atom stereocenters. The van der Waals surface area contributed by atoms with Crippen LogP contribution in [0, 0.1) is 0 Å². The Labute approximate surface area is 173 Å². The molecule has 0 aliphatic carbocycles. The van der Waals surface area contributed by atoms with Gasteiger partial charge in [-0.05, 0) is 23.3 Å². The van der Waals surface area contributed by atoms with Gasteiger partial charge in [0, 0.05) is 49.3 Å². The predicted octanol–water partition coefficient (Wildman–Crippen LogP) is 3.47. The summed E-state index contributed by atoms with van der Waals surface area (Å²) in [4.78, 5) is 23.2. The Morgan fingerprint density at radius 1 is 0.821 bits per heavy atom. The molecule has 2 aromatic rings. The molecule has 2 N–H and O–H groups in total. The predicted molar refractivity (Wildman–Crippen MR) is 109 cm³/mol. The molecule has 3 rings (SSSR count). The van der Waals surface area contributed by atoms with E-state index in [2.05, 4.69) is 40.1 Å². The Kier molecular flexibility index (Phi) is 8.73. The van der Waals surface area contributed by atoms with Crippen LogP contribution < -0.4 is 0 Å². The van der Waals surface area contributed by atoms with Crippen LogP contribution in [0.2, 0.25) is 10.0 Å². The zero-order chi connectivity index (χ0) is 20.5. The zero-order valence-electron chi connectivity index (χ0n) is 15.2. The van der Waals surface area contributed by atoms with Crippen LogP contribution in [-0.4, -0.2) is 58.1 Å². The molecule has 1 fully saturated rings. The number of hydrogen-bond donors (Lipinski definition) is 2. The number of aliphatic carboxylic acids is 2. The van der Waals surface area contributed by atoms with Crippen LogP contribution in [-0.2, 0) is 22.7 Å². The van der Waals surface area contributed by atoms with E-state index in [0.717, 1.165) is 49.9 Å². The molecule has 1 heterocycles. The zero-order valence-corrected chi connectivity index (χ0v) is 16.7. The molecule has 0 radical (unpaired) electrons. The Morgan fingerprint density at radius 2 is 1.36 bits per heavy atom. The molecule has 0 spiro atoms. The molecular formula is C20H22Cl2N2O4. The second-order valence-electron chi connectivity index (χ2n) is 6.38. The molecule has 0 saturated carbocycles. The summed E-state index contributed by atoms with van der Waals surface area (Å²) in [6, 6.07) is 16.4. The highest BCUT2D eigenvalue weighted by Crippen LogP contribution is 2.22. The molecule has 8 heteroatoms. The maximum absolute atomic E-state index is 9.10. The lowest BCUT2D eigenvalue weighted by Gasteiger charge is -2.34. The van der Waals surface area contributed by atoms with Gasteiger partial charge in [0.05, 0.1) is 0 Å². The van der Waals surface area contributed by atoms with Gasteiger partial charge in [0.25, 0.3) is 0 Å². The number of hydrogen-bond acceptors (Lipinski definition) is 4. The minimum absolute atomic E-state index is 0.696. The van der Waals surface area contributed by atoms with E-state index in [1.165, 1.54) is 5.56 Å². The average molecular weight is 425 g/mol. The second kappa shape index (κ2) is 11.0. The lowest BCUT2D eigenvalue weighted by molar-refractivity contribution is -0.159. The van der Waals surface area contributed by atoms with E-state index in [-0.39, 0.29) is 0 Å². The molecule has 150 valence electrons. The van der Waals surface area contributed by atoms with Crippen molar-refractivity contribution in [2.24, 2.45) is 0 Å². The highest BCUT2D eigenvalue weighted by Gasteiger charge is 2.17. The van der Waals surface area contributed by atoms with Crippen molar-refractivity contribution in [2.45, 2.75) is 13.1 Å². The van der Waals surface area contributed by atoms with Gasteiger partial charge in [0.15, 0.2) is 0 Å². The Hall–Kier alpha value is -2.12. The van der Waals surface area contributed by atoms with E-state index in [4.69, 9.17) is 43.0 Å². The van der Waals surface area contributed by atoms with Gasteiger partial charge in [-0.25, -0.2) is 9.59 Å². The number of benzene rings is 2.